The highest BCUT2D eigenvalue weighted by Gasteiger charge is 2.31. The lowest BCUT2D eigenvalue weighted by Crippen LogP contribution is -2.25. The number of carbonyl (C=O) groups excluding carboxylic acids is 5. The zero-order chi connectivity index (χ0) is 26.7. The molecule has 2 N–H and O–H groups in total. The van der Waals surface area contributed by atoms with Crippen LogP contribution in [0.1, 0.15) is 38.3 Å². The van der Waals surface area contributed by atoms with Crippen LogP contribution in [0.4, 0.5) is 24.5 Å². The Labute approximate surface area is 208 Å². The minimum Gasteiger partial charge on any atom is -0.355 e. The molecule has 0 saturated heterocycles. The van der Waals surface area contributed by atoms with E-state index in [0.717, 1.165) is 12.1 Å². The van der Waals surface area contributed by atoms with Crippen LogP contribution in [0.5, 0.6) is 0 Å². The number of hydrogen-bond donors (Lipinski definition) is 2. The molecule has 3 aromatic rings. The lowest BCUT2D eigenvalue weighted by Gasteiger charge is -2.18. The van der Waals surface area contributed by atoms with Crippen LogP contribution in [0.15, 0.2) is 78.9 Å². The Morgan fingerprint density at radius 3 is 2.14 bits per heavy atom. The van der Waals surface area contributed by atoms with Crippen molar-refractivity contribution in [1.82, 2.24) is 0 Å². The van der Waals surface area contributed by atoms with Gasteiger partial charge in [0.2, 0.25) is 17.3 Å². The molecule has 37 heavy (non-hydrogen) atoms. The molecule has 0 unspecified atom stereocenters. The number of fused-ring (bicyclic) bond motifs is 1. The molecule has 0 radical (unpaired) electrons. The minimum absolute atomic E-state index is 0.120. The SMILES string of the molecule is O=C1C=C(Nc2ccc(C(=O)CC(=O)C(=O)Nc3cccc(C(F)(F)F)c3)cc2)c2ccccc2C1=O. The normalized spacial score (nSPS) is 12.9. The number of allylic oxidation sites excluding steroid dienone is 1. The van der Waals surface area contributed by atoms with E-state index in [-0.39, 0.29) is 16.8 Å². The molecule has 0 heterocycles. The predicted molar refractivity (Wildman–Crippen MR) is 128 cm³/mol. The number of halogens is 3. The quantitative estimate of drug-likeness (QED) is 0.273. The molecule has 1 amide bonds. The van der Waals surface area contributed by atoms with Crippen LogP contribution in [-0.4, -0.2) is 29.0 Å². The summed E-state index contributed by atoms with van der Waals surface area (Å²) < 4.78 is 38.5. The maximum atomic E-state index is 12.8. The van der Waals surface area contributed by atoms with Crippen LogP contribution < -0.4 is 10.6 Å². The highest BCUT2D eigenvalue weighted by atomic mass is 19.4. The first kappa shape index (κ1) is 25.2. The second-order valence-corrected chi connectivity index (χ2v) is 8.06. The van der Waals surface area contributed by atoms with E-state index in [2.05, 4.69) is 10.6 Å². The summed E-state index contributed by atoms with van der Waals surface area (Å²) in [6.45, 7) is 0. The number of Topliss-reactive ketones (excluding diaryl/α,β-unsaturated/α-hetero) is 3. The molecule has 0 fully saturated rings. The van der Waals surface area contributed by atoms with Gasteiger partial charge in [-0.1, -0.05) is 30.3 Å². The Morgan fingerprint density at radius 1 is 0.784 bits per heavy atom. The van der Waals surface area contributed by atoms with E-state index in [1.807, 2.05) is 0 Å². The van der Waals surface area contributed by atoms with Crippen molar-refractivity contribution in [3.05, 3.63) is 101 Å². The summed E-state index contributed by atoms with van der Waals surface area (Å²) in [5, 5.41) is 5.09. The van der Waals surface area contributed by atoms with Gasteiger partial charge >= 0.3 is 6.18 Å². The first-order valence-electron chi connectivity index (χ1n) is 10.8. The molecule has 1 aliphatic rings. The highest BCUT2D eigenvalue weighted by molar-refractivity contribution is 6.50. The smallest absolute Gasteiger partial charge is 0.355 e. The second kappa shape index (κ2) is 10.0. The number of hydrogen-bond acceptors (Lipinski definition) is 6. The average molecular weight is 506 g/mol. The van der Waals surface area contributed by atoms with Crippen molar-refractivity contribution < 1.29 is 37.1 Å². The number of benzene rings is 3. The summed E-state index contributed by atoms with van der Waals surface area (Å²) in [5.41, 5.74) is 0.612. The van der Waals surface area contributed by atoms with E-state index in [9.17, 15) is 37.1 Å². The van der Waals surface area contributed by atoms with E-state index in [1.165, 1.54) is 36.4 Å². The number of ketones is 4. The third kappa shape index (κ3) is 5.69. The van der Waals surface area contributed by atoms with Crippen LogP contribution in [-0.2, 0) is 20.6 Å². The number of rotatable bonds is 7. The zero-order valence-electron chi connectivity index (χ0n) is 18.9. The molecule has 0 aliphatic heterocycles. The van der Waals surface area contributed by atoms with Gasteiger partial charge < -0.3 is 10.6 Å². The molecule has 0 spiro atoms. The molecule has 7 nitrogen and oxygen atoms in total. The topological polar surface area (TPSA) is 109 Å². The molecule has 1 aliphatic carbocycles. The summed E-state index contributed by atoms with van der Waals surface area (Å²) in [5.74, 6) is -4.28. The van der Waals surface area contributed by atoms with E-state index in [4.69, 9.17) is 0 Å². The van der Waals surface area contributed by atoms with Crippen molar-refractivity contribution in [2.24, 2.45) is 0 Å². The van der Waals surface area contributed by atoms with Gasteiger partial charge in [0.1, 0.15) is 0 Å². The van der Waals surface area contributed by atoms with Crippen LogP contribution >= 0.6 is 0 Å². The number of carbonyl (C=O) groups is 5. The van der Waals surface area contributed by atoms with Gasteiger partial charge in [0, 0.05) is 34.1 Å². The monoisotopic (exact) mass is 506 g/mol. The Balaban J connectivity index is 1.39. The first-order chi connectivity index (χ1) is 17.5. The largest absolute Gasteiger partial charge is 0.416 e. The average Bonchev–Trinajstić information content (AvgIpc) is 2.87. The fourth-order valence-corrected chi connectivity index (χ4v) is 3.62. The molecule has 3 aromatic carbocycles. The van der Waals surface area contributed by atoms with Crippen molar-refractivity contribution in [2.45, 2.75) is 12.6 Å². The molecule has 0 saturated carbocycles. The molecule has 0 aromatic heterocycles. The van der Waals surface area contributed by atoms with E-state index >= 15 is 0 Å². The van der Waals surface area contributed by atoms with Crippen molar-refractivity contribution in [3.8, 4) is 0 Å². The van der Waals surface area contributed by atoms with Crippen molar-refractivity contribution in [1.29, 1.82) is 0 Å². The van der Waals surface area contributed by atoms with Gasteiger partial charge in [0.15, 0.2) is 5.78 Å². The summed E-state index contributed by atoms with van der Waals surface area (Å²) in [6.07, 6.45) is -4.22. The van der Waals surface area contributed by atoms with Gasteiger partial charge in [-0.05, 0) is 42.5 Å². The van der Waals surface area contributed by atoms with E-state index < -0.39 is 47.2 Å². The van der Waals surface area contributed by atoms with Crippen molar-refractivity contribution >= 4 is 46.1 Å². The minimum atomic E-state index is -4.62. The summed E-state index contributed by atoms with van der Waals surface area (Å²) in [6, 6.07) is 16.2. The number of nitrogens with one attached hydrogen (secondary N) is 2. The Morgan fingerprint density at radius 2 is 1.46 bits per heavy atom. The molecular weight excluding hydrogens is 489 g/mol. The number of alkyl halides is 3. The molecule has 0 atom stereocenters. The predicted octanol–water partition coefficient (Wildman–Crippen LogP) is 4.70. The Bertz CT molecular complexity index is 1470. The van der Waals surface area contributed by atoms with E-state index in [0.29, 0.717) is 23.0 Å². The van der Waals surface area contributed by atoms with Crippen molar-refractivity contribution in [2.75, 3.05) is 10.6 Å². The molecule has 4 rings (SSSR count). The zero-order valence-corrected chi connectivity index (χ0v) is 18.9. The molecular formula is C27H17F3N2O5. The van der Waals surface area contributed by atoms with Gasteiger partial charge in [0.25, 0.3) is 5.91 Å². The van der Waals surface area contributed by atoms with Gasteiger partial charge in [-0.15, -0.1) is 0 Å². The fraction of sp³-hybridized carbons (Fsp3) is 0.0741. The van der Waals surface area contributed by atoms with Gasteiger partial charge in [0.05, 0.1) is 17.7 Å². The Kier molecular flexibility index (Phi) is 6.83. The number of amides is 1. The van der Waals surface area contributed by atoms with Gasteiger partial charge in [-0.25, -0.2) is 0 Å². The standard InChI is InChI=1S/C27H17F3N2O5/c28-27(29,30)16-4-3-5-18(12-16)32-26(37)24(35)14-22(33)15-8-10-17(11-9-15)31-21-13-23(34)25(36)20-7-2-1-6-19(20)21/h1-13,31H,14H2,(H,32,37). The maximum Gasteiger partial charge on any atom is 0.416 e. The number of anilines is 2. The Hall–Kier alpha value is -4.86. The lowest BCUT2D eigenvalue weighted by atomic mass is 9.92. The third-order valence-corrected chi connectivity index (χ3v) is 5.47. The third-order valence-electron chi connectivity index (χ3n) is 5.47. The molecule has 0 bridgehead atoms. The van der Waals surface area contributed by atoms with Crippen molar-refractivity contribution in [3.63, 3.8) is 0 Å². The fourth-order valence-electron chi connectivity index (χ4n) is 3.62. The molecule has 186 valence electrons. The highest BCUT2D eigenvalue weighted by Crippen LogP contribution is 2.31. The van der Waals surface area contributed by atoms with Crippen LogP contribution in [0.2, 0.25) is 0 Å². The van der Waals surface area contributed by atoms with Gasteiger partial charge in [-0.3, -0.25) is 24.0 Å². The molecule has 10 heteroatoms. The first-order valence-corrected chi connectivity index (χ1v) is 10.8. The van der Waals surface area contributed by atoms with Crippen LogP contribution in [0.25, 0.3) is 5.70 Å². The van der Waals surface area contributed by atoms with Crippen LogP contribution in [0.3, 0.4) is 0 Å². The summed E-state index contributed by atoms with van der Waals surface area (Å²) >= 11 is 0. The maximum absolute atomic E-state index is 12.8. The second-order valence-electron chi connectivity index (χ2n) is 8.06. The summed E-state index contributed by atoms with van der Waals surface area (Å²) in [4.78, 5) is 60.8. The lowest BCUT2D eigenvalue weighted by molar-refractivity contribution is -0.137. The summed E-state index contributed by atoms with van der Waals surface area (Å²) in [7, 11) is 0. The van der Waals surface area contributed by atoms with Crippen LogP contribution in [0, 0.1) is 0 Å². The van der Waals surface area contributed by atoms with E-state index in [1.54, 1.807) is 24.3 Å². The van der Waals surface area contributed by atoms with Gasteiger partial charge in [-0.2, -0.15) is 13.2 Å².